The van der Waals surface area contributed by atoms with Crippen LogP contribution in [0.2, 0.25) is 0 Å². The van der Waals surface area contributed by atoms with Crippen molar-refractivity contribution in [1.82, 2.24) is 19.4 Å². The Labute approximate surface area is 169 Å². The van der Waals surface area contributed by atoms with Gasteiger partial charge in [0.05, 0.1) is 17.1 Å². The number of benzene rings is 2. The quantitative estimate of drug-likeness (QED) is 0.516. The van der Waals surface area contributed by atoms with Gasteiger partial charge in [-0.15, -0.1) is 0 Å². The average Bonchev–Trinajstić information content (AvgIpc) is 3.38. The molecule has 1 atom stereocenters. The second-order valence-electron chi connectivity index (χ2n) is 7.47. The SMILES string of the molecule is Cc1nc2cc(C(=O)N3CCC[C@H]3c3ccncc3)ccc2n1-c1ccccc1. The minimum atomic E-state index is 0.0677. The summed E-state index contributed by atoms with van der Waals surface area (Å²) in [6.45, 7) is 2.77. The summed E-state index contributed by atoms with van der Waals surface area (Å²) in [5.41, 5.74) is 4.77. The average molecular weight is 382 g/mol. The summed E-state index contributed by atoms with van der Waals surface area (Å²) in [7, 11) is 0. The Hall–Kier alpha value is -3.47. The van der Waals surface area contributed by atoms with Crippen LogP contribution in [-0.2, 0) is 0 Å². The first-order chi connectivity index (χ1) is 14.2. The second kappa shape index (κ2) is 7.17. The molecule has 0 saturated carbocycles. The van der Waals surface area contributed by atoms with Crippen LogP contribution >= 0.6 is 0 Å². The lowest BCUT2D eigenvalue weighted by Gasteiger charge is -2.25. The maximum Gasteiger partial charge on any atom is 0.254 e. The first-order valence-electron chi connectivity index (χ1n) is 9.98. The second-order valence-corrected chi connectivity index (χ2v) is 7.47. The molecule has 29 heavy (non-hydrogen) atoms. The van der Waals surface area contributed by atoms with Gasteiger partial charge in [-0.25, -0.2) is 4.98 Å². The standard InChI is InChI=1S/C24H22N4O/c1-17-26-21-16-19(9-10-23(21)28(17)20-6-3-2-4-7-20)24(29)27-15-5-8-22(27)18-11-13-25-14-12-18/h2-4,6-7,9-14,16,22H,5,8,15H2,1H3/t22-/m0/s1. The Kier molecular flexibility index (Phi) is 4.35. The van der Waals surface area contributed by atoms with E-state index in [9.17, 15) is 4.79 Å². The van der Waals surface area contributed by atoms with Gasteiger partial charge in [-0.1, -0.05) is 18.2 Å². The summed E-state index contributed by atoms with van der Waals surface area (Å²) < 4.78 is 2.12. The van der Waals surface area contributed by atoms with Gasteiger partial charge in [-0.3, -0.25) is 14.3 Å². The summed E-state index contributed by atoms with van der Waals surface area (Å²) in [5, 5.41) is 0. The smallest absolute Gasteiger partial charge is 0.254 e. The number of fused-ring (bicyclic) bond motifs is 1. The number of carbonyl (C=O) groups excluding carboxylic acids is 1. The highest BCUT2D eigenvalue weighted by atomic mass is 16.2. The van der Waals surface area contributed by atoms with Crippen molar-refractivity contribution in [1.29, 1.82) is 0 Å². The van der Waals surface area contributed by atoms with Crippen LogP contribution < -0.4 is 0 Å². The number of rotatable bonds is 3. The summed E-state index contributed by atoms with van der Waals surface area (Å²) in [6.07, 6.45) is 5.59. The van der Waals surface area contributed by atoms with Crippen LogP contribution in [0.25, 0.3) is 16.7 Å². The van der Waals surface area contributed by atoms with Crippen molar-refractivity contribution < 1.29 is 4.79 Å². The van der Waals surface area contributed by atoms with Gasteiger partial charge >= 0.3 is 0 Å². The van der Waals surface area contributed by atoms with Crippen molar-refractivity contribution in [2.45, 2.75) is 25.8 Å². The molecule has 1 aliphatic rings. The normalized spacial score (nSPS) is 16.4. The fourth-order valence-corrected chi connectivity index (χ4v) is 4.34. The van der Waals surface area contributed by atoms with E-state index in [-0.39, 0.29) is 11.9 Å². The number of aryl methyl sites for hydroxylation is 1. The lowest BCUT2D eigenvalue weighted by molar-refractivity contribution is 0.0735. The lowest BCUT2D eigenvalue weighted by atomic mass is 10.1. The van der Waals surface area contributed by atoms with E-state index >= 15 is 0 Å². The summed E-state index contributed by atoms with van der Waals surface area (Å²) in [6, 6.07) is 20.2. The fourth-order valence-electron chi connectivity index (χ4n) is 4.34. The predicted octanol–water partition coefficient (Wildman–Crippen LogP) is 4.71. The molecule has 5 nitrogen and oxygen atoms in total. The zero-order valence-corrected chi connectivity index (χ0v) is 16.3. The fraction of sp³-hybridized carbons (Fsp3) is 0.208. The highest BCUT2D eigenvalue weighted by molar-refractivity contribution is 5.98. The van der Waals surface area contributed by atoms with Crippen LogP contribution in [-0.4, -0.2) is 31.9 Å². The molecule has 2 aromatic heterocycles. The summed E-state index contributed by atoms with van der Waals surface area (Å²) in [5.74, 6) is 0.977. The van der Waals surface area contributed by atoms with E-state index in [1.807, 2.05) is 60.4 Å². The van der Waals surface area contributed by atoms with Crippen LogP contribution in [0.1, 0.15) is 40.6 Å². The van der Waals surface area contributed by atoms with Crippen molar-refractivity contribution >= 4 is 16.9 Å². The van der Waals surface area contributed by atoms with E-state index in [1.54, 1.807) is 12.4 Å². The Bertz CT molecular complexity index is 1170. The zero-order chi connectivity index (χ0) is 19.8. The molecule has 1 fully saturated rings. The van der Waals surface area contributed by atoms with Gasteiger partial charge in [0.25, 0.3) is 5.91 Å². The van der Waals surface area contributed by atoms with Gasteiger partial charge in [-0.05, 0) is 67.8 Å². The van der Waals surface area contributed by atoms with Gasteiger partial charge in [0.2, 0.25) is 0 Å². The minimum absolute atomic E-state index is 0.0677. The van der Waals surface area contributed by atoms with Gasteiger partial charge in [-0.2, -0.15) is 0 Å². The molecule has 0 radical (unpaired) electrons. The Balaban J connectivity index is 1.50. The van der Waals surface area contributed by atoms with E-state index in [0.717, 1.165) is 47.5 Å². The number of para-hydroxylation sites is 1. The van der Waals surface area contributed by atoms with Crippen LogP contribution in [0, 0.1) is 6.92 Å². The number of hydrogen-bond donors (Lipinski definition) is 0. The number of likely N-dealkylation sites (tertiary alicyclic amines) is 1. The minimum Gasteiger partial charge on any atom is -0.332 e. The van der Waals surface area contributed by atoms with Crippen molar-refractivity contribution in [3.05, 3.63) is 90.0 Å². The predicted molar refractivity (Wildman–Crippen MR) is 113 cm³/mol. The van der Waals surface area contributed by atoms with E-state index in [1.165, 1.54) is 0 Å². The third-order valence-corrected chi connectivity index (χ3v) is 5.69. The van der Waals surface area contributed by atoms with Crippen LogP contribution in [0.4, 0.5) is 0 Å². The summed E-state index contributed by atoms with van der Waals surface area (Å²) >= 11 is 0. The molecule has 3 heterocycles. The molecule has 0 aliphatic carbocycles. The molecule has 5 heteroatoms. The van der Waals surface area contributed by atoms with Crippen molar-refractivity contribution in [2.24, 2.45) is 0 Å². The van der Waals surface area contributed by atoms with Crippen LogP contribution in [0.5, 0.6) is 0 Å². The van der Waals surface area contributed by atoms with E-state index < -0.39 is 0 Å². The molecule has 0 unspecified atom stereocenters. The topological polar surface area (TPSA) is 51.0 Å². The van der Waals surface area contributed by atoms with Crippen molar-refractivity contribution in [3.8, 4) is 5.69 Å². The molecule has 5 rings (SSSR count). The molecule has 0 N–H and O–H groups in total. The molecule has 144 valence electrons. The largest absolute Gasteiger partial charge is 0.332 e. The first-order valence-corrected chi connectivity index (χ1v) is 9.98. The number of carbonyl (C=O) groups is 1. The number of nitrogens with zero attached hydrogens (tertiary/aromatic N) is 4. The molecule has 0 bridgehead atoms. The van der Waals surface area contributed by atoms with Crippen LogP contribution in [0.3, 0.4) is 0 Å². The molecular formula is C24H22N4O. The Morgan fingerprint density at radius 3 is 2.62 bits per heavy atom. The highest BCUT2D eigenvalue weighted by Crippen LogP contribution is 2.33. The first kappa shape index (κ1) is 17.6. The molecule has 2 aromatic carbocycles. The number of imidazole rings is 1. The summed E-state index contributed by atoms with van der Waals surface area (Å²) in [4.78, 5) is 24.1. The van der Waals surface area contributed by atoms with E-state index in [4.69, 9.17) is 4.98 Å². The molecule has 1 aliphatic heterocycles. The molecule has 1 saturated heterocycles. The number of aromatic nitrogens is 3. The van der Waals surface area contributed by atoms with Crippen molar-refractivity contribution in [3.63, 3.8) is 0 Å². The Morgan fingerprint density at radius 1 is 1.03 bits per heavy atom. The zero-order valence-electron chi connectivity index (χ0n) is 16.3. The number of amides is 1. The van der Waals surface area contributed by atoms with E-state index in [2.05, 4.69) is 21.7 Å². The van der Waals surface area contributed by atoms with Crippen LogP contribution in [0.15, 0.2) is 73.1 Å². The lowest BCUT2D eigenvalue weighted by Crippen LogP contribution is -2.30. The van der Waals surface area contributed by atoms with Gasteiger partial charge in [0, 0.05) is 30.2 Å². The molecular weight excluding hydrogens is 360 g/mol. The van der Waals surface area contributed by atoms with Crippen molar-refractivity contribution in [2.75, 3.05) is 6.54 Å². The maximum absolute atomic E-state index is 13.3. The molecule has 1 amide bonds. The monoisotopic (exact) mass is 382 g/mol. The maximum atomic E-state index is 13.3. The number of hydrogen-bond acceptors (Lipinski definition) is 3. The molecule has 4 aromatic rings. The number of pyridine rings is 1. The van der Waals surface area contributed by atoms with Gasteiger partial charge in [0.15, 0.2) is 0 Å². The van der Waals surface area contributed by atoms with Gasteiger partial charge < -0.3 is 4.90 Å². The highest BCUT2D eigenvalue weighted by Gasteiger charge is 2.30. The molecule has 0 spiro atoms. The Morgan fingerprint density at radius 2 is 1.83 bits per heavy atom. The third kappa shape index (κ3) is 3.09. The van der Waals surface area contributed by atoms with E-state index in [0.29, 0.717) is 5.56 Å². The van der Waals surface area contributed by atoms with Gasteiger partial charge in [0.1, 0.15) is 5.82 Å². The third-order valence-electron chi connectivity index (χ3n) is 5.69.